The average Bonchev–Trinajstić information content (AvgIpc) is 3.12. The molecule has 0 bridgehead atoms. The zero-order chi connectivity index (χ0) is 23.4. The van der Waals surface area contributed by atoms with E-state index < -0.39 is 17.8 Å². The Morgan fingerprint density at radius 2 is 2.00 bits per heavy atom. The molecule has 3 aromatic rings. The molecule has 10 heteroatoms. The van der Waals surface area contributed by atoms with Gasteiger partial charge in [-0.3, -0.25) is 0 Å². The zero-order valence-corrected chi connectivity index (χ0v) is 20.0. The Balaban J connectivity index is 2.24. The van der Waals surface area contributed by atoms with Crippen molar-refractivity contribution in [2.24, 2.45) is 0 Å². The van der Waals surface area contributed by atoms with E-state index in [0.29, 0.717) is 22.6 Å². The molecule has 0 aliphatic carbocycles. The summed E-state index contributed by atoms with van der Waals surface area (Å²) < 4.78 is 22.1. The van der Waals surface area contributed by atoms with E-state index in [2.05, 4.69) is 31.5 Å². The molecule has 170 valence electrons. The number of hydrogen-bond acceptors (Lipinski definition) is 5. The third-order valence-electron chi connectivity index (χ3n) is 5.01. The fraction of sp³-hybridized carbons (Fsp3) is 0.273. The number of carbonyl (C=O) groups is 1. The highest BCUT2D eigenvalue weighted by molar-refractivity contribution is 9.10. The molecular formula is C22H23BrClFN4O3. The van der Waals surface area contributed by atoms with E-state index in [0.717, 1.165) is 5.69 Å². The van der Waals surface area contributed by atoms with Crippen LogP contribution in [0.25, 0.3) is 0 Å². The van der Waals surface area contributed by atoms with E-state index in [4.69, 9.17) is 16.3 Å². The molecule has 0 aliphatic rings. The Bertz CT molecular complexity index is 1110. The first-order valence-corrected chi connectivity index (χ1v) is 10.9. The predicted molar refractivity (Wildman–Crippen MR) is 126 cm³/mol. The fourth-order valence-corrected chi connectivity index (χ4v) is 4.40. The molecule has 1 aromatic heterocycles. The van der Waals surface area contributed by atoms with E-state index in [-0.39, 0.29) is 22.4 Å². The number of methoxy groups -OCH3 is 1. The number of rotatable bonds is 9. The minimum absolute atomic E-state index is 0.0415. The Kier molecular flexibility index (Phi) is 7.76. The molecule has 2 aromatic carbocycles. The Morgan fingerprint density at radius 1 is 1.31 bits per heavy atom. The molecule has 0 aliphatic heterocycles. The topological polar surface area (TPSA) is 88.4 Å². The summed E-state index contributed by atoms with van der Waals surface area (Å²) in [6, 6.07) is 11.0. The number of halogens is 3. The van der Waals surface area contributed by atoms with E-state index in [1.807, 2.05) is 31.2 Å². The Labute approximate surface area is 198 Å². The van der Waals surface area contributed by atoms with Gasteiger partial charge in [0.25, 0.3) is 0 Å². The standard InChI is InChI=1S/C22H23BrClFN4O3/c1-12(11-32-3)29-20(19(21(30)31)28-22(29)23)18(13-7-9-14(26-2)10-8-13)27-16-6-4-5-15(24)17(16)25/h4-10,12,18,26-27H,11H2,1-3H3,(H,30,31). The largest absolute Gasteiger partial charge is 0.476 e. The van der Waals surface area contributed by atoms with Crippen LogP contribution in [-0.4, -0.2) is 41.4 Å². The minimum atomic E-state index is -1.20. The summed E-state index contributed by atoms with van der Waals surface area (Å²) in [5.41, 5.74) is 1.93. The number of nitrogens with one attached hydrogen (secondary N) is 2. The first-order chi connectivity index (χ1) is 15.3. The van der Waals surface area contributed by atoms with Crippen molar-refractivity contribution in [3.05, 3.63) is 75.0 Å². The predicted octanol–water partition coefficient (Wildman–Crippen LogP) is 5.59. The van der Waals surface area contributed by atoms with Crippen LogP contribution in [0, 0.1) is 5.82 Å². The Morgan fingerprint density at radius 3 is 2.59 bits per heavy atom. The van der Waals surface area contributed by atoms with E-state index >= 15 is 0 Å². The van der Waals surface area contributed by atoms with Gasteiger partial charge in [-0.1, -0.05) is 29.8 Å². The second-order valence-corrected chi connectivity index (χ2v) is 8.26. The number of aromatic carboxylic acids is 1. The second kappa shape index (κ2) is 10.3. The van der Waals surface area contributed by atoms with Crippen LogP contribution in [0.15, 0.2) is 47.2 Å². The number of hydrogen-bond donors (Lipinski definition) is 3. The summed E-state index contributed by atoms with van der Waals surface area (Å²) >= 11 is 9.36. The monoisotopic (exact) mass is 524 g/mol. The van der Waals surface area contributed by atoms with Gasteiger partial charge >= 0.3 is 5.97 Å². The van der Waals surface area contributed by atoms with Crippen LogP contribution >= 0.6 is 27.5 Å². The van der Waals surface area contributed by atoms with Crippen LogP contribution in [0.1, 0.15) is 40.8 Å². The van der Waals surface area contributed by atoms with Crippen LogP contribution in [0.3, 0.4) is 0 Å². The van der Waals surface area contributed by atoms with Crippen LogP contribution in [0.5, 0.6) is 0 Å². The first-order valence-electron chi connectivity index (χ1n) is 9.76. The number of aromatic nitrogens is 2. The summed E-state index contributed by atoms with van der Waals surface area (Å²) in [6.45, 7) is 2.20. The molecular weight excluding hydrogens is 503 g/mol. The van der Waals surface area contributed by atoms with Crippen LogP contribution in [-0.2, 0) is 4.74 Å². The lowest BCUT2D eigenvalue weighted by molar-refractivity contribution is 0.0689. The highest BCUT2D eigenvalue weighted by atomic mass is 79.9. The maximum atomic E-state index is 14.8. The van der Waals surface area contributed by atoms with Gasteiger partial charge in [-0.15, -0.1) is 0 Å². The van der Waals surface area contributed by atoms with Gasteiger partial charge in [0.05, 0.1) is 35.1 Å². The SMILES string of the molecule is CNc1ccc(C(Nc2cccc(Cl)c2F)c2c(C(=O)O)nc(Br)n2C(C)COC)cc1. The number of imidazole rings is 1. The van der Waals surface area contributed by atoms with Crippen molar-refractivity contribution in [2.75, 3.05) is 31.4 Å². The molecule has 0 saturated heterocycles. The molecule has 0 fully saturated rings. The van der Waals surface area contributed by atoms with Crippen molar-refractivity contribution in [3.63, 3.8) is 0 Å². The highest BCUT2D eigenvalue weighted by Gasteiger charge is 2.31. The van der Waals surface area contributed by atoms with Crippen LogP contribution in [0.4, 0.5) is 15.8 Å². The number of carboxylic acids is 1. The lowest BCUT2D eigenvalue weighted by atomic mass is 10.00. The molecule has 32 heavy (non-hydrogen) atoms. The van der Waals surface area contributed by atoms with Gasteiger partial charge in [0, 0.05) is 19.8 Å². The summed E-state index contributed by atoms with van der Waals surface area (Å²) in [5, 5.41) is 16.0. The van der Waals surface area contributed by atoms with Crippen molar-refractivity contribution in [3.8, 4) is 0 Å². The summed E-state index contributed by atoms with van der Waals surface area (Å²) in [4.78, 5) is 16.3. The maximum Gasteiger partial charge on any atom is 0.356 e. The van der Waals surface area contributed by atoms with Gasteiger partial charge in [-0.2, -0.15) is 0 Å². The van der Waals surface area contributed by atoms with Gasteiger partial charge in [0.2, 0.25) is 0 Å². The van der Waals surface area contributed by atoms with E-state index in [1.165, 1.54) is 6.07 Å². The molecule has 0 spiro atoms. The molecule has 1 heterocycles. The fourth-order valence-electron chi connectivity index (χ4n) is 3.51. The van der Waals surface area contributed by atoms with Gasteiger partial charge in [0.15, 0.2) is 16.2 Å². The molecule has 7 nitrogen and oxygen atoms in total. The quantitative estimate of drug-likeness (QED) is 0.338. The molecule has 0 amide bonds. The van der Waals surface area contributed by atoms with E-state index in [9.17, 15) is 14.3 Å². The molecule has 2 unspecified atom stereocenters. The molecule has 0 radical (unpaired) electrons. The van der Waals surface area contributed by atoms with Crippen molar-refractivity contribution in [1.29, 1.82) is 0 Å². The summed E-state index contributed by atoms with van der Waals surface area (Å²) in [6.07, 6.45) is 0. The number of anilines is 2. The van der Waals surface area contributed by atoms with Gasteiger partial charge in [-0.25, -0.2) is 14.2 Å². The molecule has 3 rings (SSSR count). The lowest BCUT2D eigenvalue weighted by Crippen LogP contribution is -2.23. The Hall–Kier alpha value is -2.62. The van der Waals surface area contributed by atoms with Gasteiger partial charge < -0.3 is 25.0 Å². The average molecular weight is 526 g/mol. The van der Waals surface area contributed by atoms with Crippen LogP contribution < -0.4 is 10.6 Å². The maximum absolute atomic E-state index is 14.8. The third kappa shape index (κ3) is 4.90. The molecule has 2 atom stereocenters. The molecule has 3 N–H and O–H groups in total. The van der Waals surface area contributed by atoms with Crippen molar-refractivity contribution < 1.29 is 19.0 Å². The zero-order valence-electron chi connectivity index (χ0n) is 17.7. The summed E-state index contributed by atoms with van der Waals surface area (Å²) in [7, 11) is 3.36. The number of carboxylic acid groups (broad SMARTS) is 1. The normalized spacial score (nSPS) is 12.9. The second-order valence-electron chi connectivity index (χ2n) is 7.14. The first kappa shape index (κ1) is 24.0. The number of benzene rings is 2. The van der Waals surface area contributed by atoms with Crippen molar-refractivity contribution in [1.82, 2.24) is 9.55 Å². The van der Waals surface area contributed by atoms with Crippen molar-refractivity contribution >= 4 is 44.9 Å². The lowest BCUT2D eigenvalue weighted by Gasteiger charge is -2.26. The summed E-state index contributed by atoms with van der Waals surface area (Å²) in [5.74, 6) is -1.83. The molecule has 0 saturated carbocycles. The van der Waals surface area contributed by atoms with Gasteiger partial charge in [-0.05, 0) is 52.7 Å². The smallest absolute Gasteiger partial charge is 0.356 e. The van der Waals surface area contributed by atoms with Crippen molar-refractivity contribution in [2.45, 2.75) is 19.0 Å². The highest BCUT2D eigenvalue weighted by Crippen LogP contribution is 2.36. The number of nitrogens with zero attached hydrogens (tertiary/aromatic N) is 2. The third-order valence-corrected chi connectivity index (χ3v) is 5.87. The number of ether oxygens (including phenoxy) is 1. The van der Waals surface area contributed by atoms with Gasteiger partial charge in [0.1, 0.15) is 0 Å². The minimum Gasteiger partial charge on any atom is -0.476 e. The van der Waals surface area contributed by atoms with Crippen LogP contribution in [0.2, 0.25) is 5.02 Å². The van der Waals surface area contributed by atoms with E-state index in [1.54, 1.807) is 30.9 Å².